The van der Waals surface area contributed by atoms with Crippen LogP contribution in [0.1, 0.15) is 94.6 Å². The number of carboxylic acids is 7. The molecular weight excluding hydrogens is 981 g/mol. The van der Waals surface area contributed by atoms with Crippen LogP contribution in [0.5, 0.6) is 5.75 Å². The fraction of sp³-hybridized carbons (Fsp3) is 0.545. The average Bonchev–Trinajstić information content (AvgIpc) is 3.62. The Bertz CT molecular complexity index is 2430. The monoisotopic (exact) mass is 1030 g/mol. The van der Waals surface area contributed by atoms with Gasteiger partial charge < -0.3 is 77.5 Å². The van der Waals surface area contributed by atoms with Gasteiger partial charge in [-0.2, -0.15) is 0 Å². The molecule has 1 aromatic rings. The Morgan fingerprint density at radius 1 is 0.562 bits per heavy atom. The molecule has 73 heavy (non-hydrogen) atoms. The first-order valence-electron chi connectivity index (χ1n) is 22.5. The molecule has 29 nitrogen and oxygen atoms in total. The summed E-state index contributed by atoms with van der Waals surface area (Å²) in [6.07, 6.45) is -2.27. The maximum Gasteiger partial charge on any atom is 0.336 e. The summed E-state index contributed by atoms with van der Waals surface area (Å²) in [6, 6.07) is -9.35. The molecule has 2 fully saturated rings. The first-order valence-corrected chi connectivity index (χ1v) is 22.5. The Morgan fingerprint density at radius 2 is 1.03 bits per heavy atom. The number of nitrogens with one attached hydrogen (secondary N) is 6. The van der Waals surface area contributed by atoms with Gasteiger partial charge >= 0.3 is 47.8 Å². The van der Waals surface area contributed by atoms with Crippen molar-refractivity contribution in [1.82, 2.24) is 31.9 Å². The minimum atomic E-state index is -2.88. The van der Waals surface area contributed by atoms with Crippen LogP contribution >= 0.6 is 0 Å². The minimum Gasteiger partial charge on any atom is -0.508 e. The molecule has 3 aliphatic carbocycles. The second kappa shape index (κ2) is 24.6. The predicted molar refractivity (Wildman–Crippen MR) is 235 cm³/mol. The molecule has 0 aromatic heterocycles. The number of carboxylic acid groups (broad SMARTS) is 7. The molecule has 14 N–H and O–H groups in total. The van der Waals surface area contributed by atoms with Crippen molar-refractivity contribution in [3.05, 3.63) is 29.3 Å². The number of aliphatic carboxylic acids is 7. The number of carbonyl (C=O) groups excluding carboxylic acids is 7. The molecule has 4 rings (SSSR count). The van der Waals surface area contributed by atoms with Crippen molar-refractivity contribution < 1.29 is 113 Å². The maximum atomic E-state index is 13.3. The highest BCUT2D eigenvalue weighted by molar-refractivity contribution is 6.09. The van der Waals surface area contributed by atoms with Gasteiger partial charge in [-0.05, 0) is 79.5 Å². The van der Waals surface area contributed by atoms with Gasteiger partial charge in [0.1, 0.15) is 36.0 Å². The summed E-state index contributed by atoms with van der Waals surface area (Å²) in [5, 5.41) is 85.6. The van der Waals surface area contributed by atoms with E-state index in [4.69, 9.17) is 14.9 Å². The van der Waals surface area contributed by atoms with Crippen molar-refractivity contribution in [3.8, 4) is 5.75 Å². The lowest BCUT2D eigenvalue weighted by molar-refractivity contribution is -0.158. The van der Waals surface area contributed by atoms with Gasteiger partial charge in [0.2, 0.25) is 35.7 Å². The van der Waals surface area contributed by atoms with Gasteiger partial charge in [0, 0.05) is 11.8 Å². The molecule has 11 atom stereocenters. The van der Waals surface area contributed by atoms with Crippen molar-refractivity contribution in [3.63, 3.8) is 0 Å². The number of aromatic hydroxyl groups is 1. The van der Waals surface area contributed by atoms with Crippen LogP contribution in [0.3, 0.4) is 0 Å². The van der Waals surface area contributed by atoms with Crippen LogP contribution in [0.15, 0.2) is 18.2 Å². The van der Waals surface area contributed by atoms with Crippen molar-refractivity contribution in [2.24, 2.45) is 17.3 Å². The quantitative estimate of drug-likeness (QED) is 0.0325. The van der Waals surface area contributed by atoms with E-state index in [-0.39, 0.29) is 17.1 Å². The number of amides is 6. The second-order valence-corrected chi connectivity index (χ2v) is 18.0. The molecule has 6 amide bonds. The summed E-state index contributed by atoms with van der Waals surface area (Å²) in [6.45, 7) is 2.07. The van der Waals surface area contributed by atoms with Gasteiger partial charge in [-0.15, -0.1) is 0 Å². The first kappa shape index (κ1) is 57.2. The van der Waals surface area contributed by atoms with Crippen molar-refractivity contribution in [2.45, 2.75) is 132 Å². The van der Waals surface area contributed by atoms with Crippen molar-refractivity contribution in [1.29, 1.82) is 0 Å². The van der Waals surface area contributed by atoms with Crippen molar-refractivity contribution in [2.75, 3.05) is 0 Å². The second-order valence-electron chi connectivity index (χ2n) is 18.0. The summed E-state index contributed by atoms with van der Waals surface area (Å²) < 4.78 is 5.90. The average molecular weight is 1030 g/mol. The third kappa shape index (κ3) is 15.3. The van der Waals surface area contributed by atoms with E-state index in [1.54, 1.807) is 17.4 Å². The molecule has 1 aromatic carbocycles. The molecule has 398 valence electrons. The topological polar surface area (TPSA) is 482 Å². The molecule has 2 saturated carbocycles. The van der Waals surface area contributed by atoms with Crippen LogP contribution in [0, 0.1) is 17.3 Å². The number of phenols is 1. The molecule has 0 saturated heterocycles. The fourth-order valence-corrected chi connectivity index (χ4v) is 9.69. The Balaban J connectivity index is 1.38. The molecule has 0 spiro atoms. The van der Waals surface area contributed by atoms with Gasteiger partial charge in [-0.25, -0.2) is 14.4 Å². The Kier molecular flexibility index (Phi) is 19.3. The van der Waals surface area contributed by atoms with Gasteiger partial charge in [0.25, 0.3) is 11.8 Å². The summed E-state index contributed by atoms with van der Waals surface area (Å²) in [7, 11) is 0. The number of benzene rings is 1. The van der Waals surface area contributed by atoms with E-state index in [2.05, 4.69) is 12.2 Å². The fourth-order valence-electron chi connectivity index (χ4n) is 9.69. The maximum absolute atomic E-state index is 13.3. The number of ether oxygens (including phenoxy) is 1. The SMILES string of the molecule is C[C@]12CC[C@@H]3c4ccc(O)cc4CC[C@H]3[C@@H]1CC[C@@H]2OC(=O)CCC(=O)NC(CC(=O)O)C(=O)NC(CC(=O)O)C(=O)NC(C(=O)O)C(=O)NC(CC(=O)O)C(=O)NC(C(=O)O)C(=O)NC(CC(=O)O)C(=O)O. The zero-order chi connectivity index (χ0) is 54.6. The Labute approximate surface area is 411 Å². The van der Waals surface area contributed by atoms with Crippen molar-refractivity contribution >= 4 is 83.2 Å². The van der Waals surface area contributed by atoms with Gasteiger partial charge in [-0.3, -0.25) is 52.7 Å². The predicted octanol–water partition coefficient (Wildman–Crippen LogP) is -3.00. The number of esters is 1. The highest BCUT2D eigenvalue weighted by Gasteiger charge is 2.56. The largest absolute Gasteiger partial charge is 0.508 e. The van der Waals surface area contributed by atoms with Crippen LogP contribution in [0.4, 0.5) is 0 Å². The lowest BCUT2D eigenvalue weighted by Crippen LogP contribution is -2.62. The van der Waals surface area contributed by atoms with E-state index in [1.807, 2.05) is 11.4 Å². The van der Waals surface area contributed by atoms with Gasteiger partial charge in [-0.1, -0.05) is 13.0 Å². The summed E-state index contributed by atoms with van der Waals surface area (Å²) in [5.41, 5.74) is 1.97. The number of rotatable bonds is 26. The van der Waals surface area contributed by atoms with Gasteiger partial charge in [0.15, 0.2) is 0 Å². The third-order valence-corrected chi connectivity index (χ3v) is 13.1. The van der Waals surface area contributed by atoms with Crippen LogP contribution in [0.25, 0.3) is 0 Å². The summed E-state index contributed by atoms with van der Waals surface area (Å²) in [4.78, 5) is 173. The molecule has 6 unspecified atom stereocenters. The van der Waals surface area contributed by atoms with Gasteiger partial charge in [0.05, 0.1) is 32.1 Å². The van der Waals surface area contributed by atoms with Crippen LogP contribution in [-0.2, 0) is 78.3 Å². The van der Waals surface area contributed by atoms with E-state index >= 15 is 0 Å². The molecule has 0 radical (unpaired) electrons. The Hall–Kier alpha value is -8.40. The number of aryl methyl sites for hydroxylation is 1. The number of hydrogen-bond donors (Lipinski definition) is 14. The van der Waals surface area contributed by atoms with E-state index in [0.29, 0.717) is 18.3 Å². The lowest BCUT2D eigenvalue weighted by Gasteiger charge is -2.50. The summed E-state index contributed by atoms with van der Waals surface area (Å²) in [5.74, 6) is -23.3. The normalized spacial score (nSPS) is 21.9. The highest BCUT2D eigenvalue weighted by Crippen LogP contribution is 2.61. The number of hydrogen-bond acceptors (Lipinski definition) is 16. The molecular formula is C44H54N6O23. The molecule has 0 aliphatic heterocycles. The zero-order valence-corrected chi connectivity index (χ0v) is 38.7. The smallest absolute Gasteiger partial charge is 0.336 e. The summed E-state index contributed by atoms with van der Waals surface area (Å²) >= 11 is 0. The molecule has 0 heterocycles. The third-order valence-electron chi connectivity index (χ3n) is 13.1. The minimum absolute atomic E-state index is 0.207. The van der Waals surface area contributed by atoms with Crippen LogP contribution in [0.2, 0.25) is 0 Å². The first-order chi connectivity index (χ1) is 34.1. The molecule has 0 bridgehead atoms. The van der Waals surface area contributed by atoms with E-state index in [9.17, 15) is 97.8 Å². The van der Waals surface area contributed by atoms with Crippen LogP contribution < -0.4 is 31.9 Å². The van der Waals surface area contributed by atoms with E-state index < -0.39 is 164 Å². The molecule has 29 heteroatoms. The zero-order valence-electron chi connectivity index (χ0n) is 38.7. The van der Waals surface area contributed by atoms with E-state index in [1.165, 1.54) is 21.5 Å². The number of carbonyl (C=O) groups is 14. The standard InChI is InChI=1S/C44H54N6O23/c1-44-11-10-20-19-5-3-18(51)12-17(19)2-4-21(20)22(44)6-7-27(44)73-33(61)9-8-28(52)45-23(13-29(53)54)36(62)46-24(14-30(55)56)37(63)49-34(42(69)70)39(65)47-25(15-31(57)58)38(64)50-35(43(71)72)40(66)48-26(41(67)68)16-32(59)60/h3,5,12,20-27,34-35,51H,2,4,6-11,13-16H2,1H3,(H,45,52)(H,46,62)(H,47,65)(H,48,66)(H,49,63)(H,50,64)(H,53,54)(H,55,56)(H,57,58)(H,59,60)(H,67,68)(H,69,70)(H,71,72)/t20-,21-,22+,23?,24?,25?,26?,27+,34?,35?,44+/m1/s1. The highest BCUT2D eigenvalue weighted by atomic mass is 16.5. The number of fused-ring (bicyclic) bond motifs is 5. The van der Waals surface area contributed by atoms with Crippen LogP contribution in [-0.4, -0.2) is 166 Å². The lowest BCUT2D eigenvalue weighted by atomic mass is 9.55. The number of phenolic OH excluding ortho intramolecular Hbond substituents is 1. The Morgan fingerprint density at radius 3 is 1.52 bits per heavy atom. The molecule has 3 aliphatic rings. The van der Waals surface area contributed by atoms with E-state index in [0.717, 1.165) is 37.7 Å².